The lowest BCUT2D eigenvalue weighted by atomic mass is 9.79. The highest BCUT2D eigenvalue weighted by atomic mass is 16.5. The summed E-state index contributed by atoms with van der Waals surface area (Å²) in [6.07, 6.45) is 0.562. The molecule has 0 saturated heterocycles. The van der Waals surface area contributed by atoms with Gasteiger partial charge in [-0.15, -0.1) is 0 Å². The van der Waals surface area contributed by atoms with Gasteiger partial charge in [0.1, 0.15) is 35.5 Å². The predicted molar refractivity (Wildman–Crippen MR) is 224 cm³/mol. The van der Waals surface area contributed by atoms with Gasteiger partial charge in [-0.3, -0.25) is 11.5 Å². The Morgan fingerprint density at radius 3 is 0.759 bits per heavy atom. The molecule has 1 aliphatic carbocycles. The summed E-state index contributed by atoms with van der Waals surface area (Å²) in [7, 11) is 0. The smallest absolute Gasteiger partial charge is 0.144 e. The summed E-state index contributed by atoms with van der Waals surface area (Å²) in [6, 6.07) is 17.4. The Kier molecular flexibility index (Phi) is 11.1. The molecule has 0 spiro atoms. The fraction of sp³-hybridized carbons (Fsp3) is 0.500. The lowest BCUT2D eigenvalue weighted by molar-refractivity contribution is 0.225. The number of aromatic hydroxyl groups is 2. The van der Waals surface area contributed by atoms with E-state index in [1.807, 2.05) is 13.8 Å². The second-order valence-corrected chi connectivity index (χ2v) is 19.9. The average molecular weight is 735 g/mol. The van der Waals surface area contributed by atoms with Crippen LogP contribution in [0.1, 0.15) is 164 Å². The van der Waals surface area contributed by atoms with Crippen molar-refractivity contribution in [2.75, 3.05) is 0 Å². The summed E-state index contributed by atoms with van der Waals surface area (Å²) in [4.78, 5) is 0. The standard InChI is InChI=1S/C48H66N2O4/c1-27(49)53-43-33-15-29-19-37(45(3,4)5)21-31(41(29)51)17-35-25-40(48(12,13)14)26-36(44(35)54-28(2)50)18-32-22-38(46(6,7)8)20-30(42(32)52)16-34(43)24-39(23-33)47(9,10)11/h19-28,51-52H,15-18,49-50H2,1-14H3. The Labute approximate surface area is 325 Å². The Balaban J connectivity index is 1.97. The first-order chi connectivity index (χ1) is 24.7. The molecule has 4 aromatic carbocycles. The molecular formula is C48H66N2O4. The topological polar surface area (TPSA) is 111 Å². The first-order valence-corrected chi connectivity index (χ1v) is 19.6. The number of fused-ring (bicyclic) bond motifs is 8. The monoisotopic (exact) mass is 735 g/mol. The molecule has 0 heterocycles. The molecule has 54 heavy (non-hydrogen) atoms. The summed E-state index contributed by atoms with van der Waals surface area (Å²) < 4.78 is 13.1. The van der Waals surface area contributed by atoms with Crippen LogP contribution in [0.2, 0.25) is 0 Å². The van der Waals surface area contributed by atoms with E-state index < -0.39 is 12.5 Å². The zero-order valence-corrected chi connectivity index (χ0v) is 35.5. The van der Waals surface area contributed by atoms with Gasteiger partial charge in [0.05, 0.1) is 0 Å². The summed E-state index contributed by atoms with van der Waals surface area (Å²) in [5.41, 5.74) is 23.7. The van der Waals surface area contributed by atoms with Crippen molar-refractivity contribution in [2.45, 2.75) is 157 Å². The Morgan fingerprint density at radius 1 is 0.407 bits per heavy atom. The summed E-state index contributed by atoms with van der Waals surface area (Å²) in [6.45, 7) is 30.2. The maximum atomic E-state index is 12.3. The molecule has 6 N–H and O–H groups in total. The highest BCUT2D eigenvalue weighted by Gasteiger charge is 2.29. The number of phenols is 2. The van der Waals surface area contributed by atoms with Crippen LogP contribution in [0.3, 0.4) is 0 Å². The lowest BCUT2D eigenvalue weighted by Gasteiger charge is -2.28. The highest BCUT2D eigenvalue weighted by Crippen LogP contribution is 2.44. The molecule has 0 amide bonds. The van der Waals surface area contributed by atoms with Crippen LogP contribution in [0.4, 0.5) is 0 Å². The van der Waals surface area contributed by atoms with Crippen LogP contribution in [0, 0.1) is 0 Å². The quantitative estimate of drug-likeness (QED) is 0.137. The van der Waals surface area contributed by atoms with Gasteiger partial charge in [0.15, 0.2) is 0 Å². The molecule has 2 unspecified atom stereocenters. The molecule has 0 radical (unpaired) electrons. The fourth-order valence-corrected chi connectivity index (χ4v) is 7.32. The van der Waals surface area contributed by atoms with Crippen LogP contribution in [0.25, 0.3) is 0 Å². The second kappa shape index (κ2) is 14.6. The Bertz CT molecular complexity index is 1780. The van der Waals surface area contributed by atoms with Crippen LogP contribution in [-0.2, 0) is 47.3 Å². The maximum Gasteiger partial charge on any atom is 0.144 e. The van der Waals surface area contributed by atoms with Crippen LogP contribution in [-0.4, -0.2) is 22.7 Å². The molecule has 0 fully saturated rings. The van der Waals surface area contributed by atoms with E-state index in [4.69, 9.17) is 20.9 Å². The van der Waals surface area contributed by atoms with Gasteiger partial charge in [-0.1, -0.05) is 132 Å². The highest BCUT2D eigenvalue weighted by molar-refractivity contribution is 5.59. The molecule has 4 aromatic rings. The molecule has 6 heteroatoms. The summed E-state index contributed by atoms with van der Waals surface area (Å²) in [5, 5.41) is 24.6. The van der Waals surface area contributed by atoms with E-state index >= 15 is 0 Å². The zero-order valence-electron chi connectivity index (χ0n) is 35.5. The average Bonchev–Trinajstić information content (AvgIpc) is 3.00. The van der Waals surface area contributed by atoms with Gasteiger partial charge in [0.25, 0.3) is 0 Å². The first-order valence-electron chi connectivity index (χ1n) is 19.6. The van der Waals surface area contributed by atoms with Crippen molar-refractivity contribution in [1.29, 1.82) is 0 Å². The van der Waals surface area contributed by atoms with Gasteiger partial charge >= 0.3 is 0 Å². The third kappa shape index (κ3) is 9.09. The third-order valence-corrected chi connectivity index (χ3v) is 10.6. The van der Waals surface area contributed by atoms with Crippen molar-refractivity contribution in [2.24, 2.45) is 11.5 Å². The molecule has 5 rings (SSSR count). The second-order valence-electron chi connectivity index (χ2n) is 19.9. The largest absolute Gasteiger partial charge is 0.507 e. The van der Waals surface area contributed by atoms with Crippen molar-refractivity contribution in [3.05, 3.63) is 115 Å². The van der Waals surface area contributed by atoms with Crippen LogP contribution >= 0.6 is 0 Å². The minimum atomic E-state index is -0.575. The molecule has 2 atom stereocenters. The number of rotatable bonds is 4. The molecule has 8 bridgehead atoms. The van der Waals surface area contributed by atoms with Crippen molar-refractivity contribution < 1.29 is 19.7 Å². The van der Waals surface area contributed by atoms with E-state index in [9.17, 15) is 10.2 Å². The number of nitrogens with two attached hydrogens (primary N) is 2. The van der Waals surface area contributed by atoms with Crippen LogP contribution < -0.4 is 20.9 Å². The first kappa shape index (κ1) is 41.2. The van der Waals surface area contributed by atoms with Gasteiger partial charge in [0, 0.05) is 25.7 Å². The van der Waals surface area contributed by atoms with E-state index in [-0.39, 0.29) is 33.2 Å². The molecule has 292 valence electrons. The van der Waals surface area contributed by atoms with E-state index in [1.165, 1.54) is 0 Å². The van der Waals surface area contributed by atoms with Gasteiger partial charge in [-0.25, -0.2) is 0 Å². The number of phenolic OH excluding ortho intramolecular Hbond substituents is 2. The number of ether oxygens (including phenoxy) is 2. The number of hydrogen-bond acceptors (Lipinski definition) is 6. The zero-order chi connectivity index (χ0) is 40.3. The summed E-state index contributed by atoms with van der Waals surface area (Å²) >= 11 is 0. The van der Waals surface area contributed by atoms with Gasteiger partial charge in [-0.2, -0.15) is 0 Å². The van der Waals surface area contributed by atoms with E-state index in [0.29, 0.717) is 37.2 Å². The molecule has 1 aliphatic rings. The maximum absolute atomic E-state index is 12.3. The van der Waals surface area contributed by atoms with E-state index in [1.54, 1.807) is 0 Å². The number of benzene rings is 4. The third-order valence-electron chi connectivity index (χ3n) is 10.6. The van der Waals surface area contributed by atoms with E-state index in [0.717, 1.165) is 66.8 Å². The molecule has 0 saturated carbocycles. The Morgan fingerprint density at radius 2 is 0.593 bits per heavy atom. The van der Waals surface area contributed by atoms with Gasteiger partial charge in [-0.05, 0) is 102 Å². The van der Waals surface area contributed by atoms with E-state index in [2.05, 4.69) is 132 Å². The molecule has 0 aliphatic heterocycles. The van der Waals surface area contributed by atoms with Crippen LogP contribution in [0.5, 0.6) is 23.0 Å². The molecule has 0 aromatic heterocycles. The number of hydrogen-bond donors (Lipinski definition) is 4. The van der Waals surface area contributed by atoms with Crippen molar-refractivity contribution in [1.82, 2.24) is 0 Å². The van der Waals surface area contributed by atoms with Crippen molar-refractivity contribution in [3.8, 4) is 23.0 Å². The normalized spacial score (nSPS) is 15.1. The Hall–Kier alpha value is -4.00. The molecular weight excluding hydrogens is 669 g/mol. The minimum absolute atomic E-state index is 0.178. The van der Waals surface area contributed by atoms with Crippen molar-refractivity contribution in [3.63, 3.8) is 0 Å². The molecule has 6 nitrogen and oxygen atoms in total. The van der Waals surface area contributed by atoms with Gasteiger partial charge < -0.3 is 19.7 Å². The van der Waals surface area contributed by atoms with Crippen molar-refractivity contribution >= 4 is 0 Å². The minimum Gasteiger partial charge on any atom is -0.507 e. The fourth-order valence-electron chi connectivity index (χ4n) is 7.32. The van der Waals surface area contributed by atoms with Gasteiger partial charge in [0.2, 0.25) is 0 Å². The summed E-state index contributed by atoms with van der Waals surface area (Å²) in [5.74, 6) is 1.91. The lowest BCUT2D eigenvalue weighted by Crippen LogP contribution is -2.25. The SMILES string of the molecule is CC(N)Oc1c2cc(C(C)(C)C)cc1Cc1cc(C(C)(C)C)cc(c1O)Cc1cc(C(C)(C)C)cc(c1OC(C)N)Cc1cc(C(C)(C)C)cc(c1O)C2. The predicted octanol–water partition coefficient (Wildman–Crippen LogP) is 10.3. The van der Waals surface area contributed by atoms with Crippen LogP contribution in [0.15, 0.2) is 48.5 Å².